The number of hydrogen-bond acceptors (Lipinski definition) is 3. The fourth-order valence-corrected chi connectivity index (χ4v) is 3.88. The SMILES string of the molecule is C=C1CC[C@@H]2[C@H](OC(=O)[C@H]2C)[C@@H]2[C@H]1C=C[C@@]2(C)O. The van der Waals surface area contributed by atoms with Crippen molar-refractivity contribution in [2.75, 3.05) is 0 Å². The molecule has 1 heterocycles. The van der Waals surface area contributed by atoms with Gasteiger partial charge in [-0.25, -0.2) is 0 Å². The Kier molecular flexibility index (Phi) is 2.46. The lowest BCUT2D eigenvalue weighted by Gasteiger charge is -2.34. The first-order valence-electron chi connectivity index (χ1n) is 6.71. The number of aliphatic hydroxyl groups is 1. The van der Waals surface area contributed by atoms with Crippen molar-refractivity contribution in [3.8, 4) is 0 Å². The van der Waals surface area contributed by atoms with Crippen molar-refractivity contribution in [3.63, 3.8) is 0 Å². The van der Waals surface area contributed by atoms with Gasteiger partial charge in [0.1, 0.15) is 6.10 Å². The molecule has 3 rings (SSSR count). The second kappa shape index (κ2) is 3.70. The summed E-state index contributed by atoms with van der Waals surface area (Å²) in [6.07, 6.45) is 5.57. The van der Waals surface area contributed by atoms with Crippen molar-refractivity contribution in [1.82, 2.24) is 0 Å². The van der Waals surface area contributed by atoms with Crippen LogP contribution in [0.15, 0.2) is 24.3 Å². The third-order valence-electron chi connectivity index (χ3n) is 5.02. The molecule has 0 aromatic rings. The molecule has 6 atom stereocenters. The van der Waals surface area contributed by atoms with Crippen LogP contribution < -0.4 is 0 Å². The number of carbonyl (C=O) groups excluding carboxylic acids is 1. The highest BCUT2D eigenvalue weighted by molar-refractivity contribution is 5.75. The molecule has 3 aliphatic rings. The summed E-state index contributed by atoms with van der Waals surface area (Å²) in [7, 11) is 0. The van der Waals surface area contributed by atoms with E-state index < -0.39 is 5.60 Å². The number of fused-ring (bicyclic) bond motifs is 3. The number of rotatable bonds is 0. The minimum absolute atomic E-state index is 0.0575. The zero-order valence-corrected chi connectivity index (χ0v) is 10.9. The summed E-state index contributed by atoms with van der Waals surface area (Å²) in [5, 5.41) is 10.5. The summed E-state index contributed by atoms with van der Waals surface area (Å²) in [5.74, 6) is 0.132. The van der Waals surface area contributed by atoms with Crippen LogP contribution in [-0.2, 0) is 9.53 Å². The highest BCUT2D eigenvalue weighted by Gasteiger charge is 2.55. The second-order valence-corrected chi connectivity index (χ2v) is 6.19. The van der Waals surface area contributed by atoms with Crippen LogP contribution in [0.3, 0.4) is 0 Å². The van der Waals surface area contributed by atoms with Gasteiger partial charge in [0.25, 0.3) is 0 Å². The molecular formula is C15H20O3. The standard InChI is InChI=1S/C15H20O3/c1-8-4-5-11-9(2)14(16)18-13(11)12-10(8)6-7-15(12,3)17/h6-7,9-13,17H,1,4-5H2,2-3H3/t9-,10-,11-,12-,13-,15+/m0/s1. The van der Waals surface area contributed by atoms with Gasteiger partial charge < -0.3 is 9.84 Å². The topological polar surface area (TPSA) is 46.5 Å². The Morgan fingerprint density at radius 1 is 1.56 bits per heavy atom. The van der Waals surface area contributed by atoms with Gasteiger partial charge in [-0.15, -0.1) is 0 Å². The first-order chi connectivity index (χ1) is 8.42. The van der Waals surface area contributed by atoms with Crippen LogP contribution in [0.5, 0.6) is 0 Å². The fraction of sp³-hybridized carbons (Fsp3) is 0.667. The smallest absolute Gasteiger partial charge is 0.309 e. The van der Waals surface area contributed by atoms with E-state index in [4.69, 9.17) is 4.74 Å². The van der Waals surface area contributed by atoms with E-state index in [0.29, 0.717) is 0 Å². The first-order valence-corrected chi connectivity index (χ1v) is 6.71. The highest BCUT2D eigenvalue weighted by atomic mass is 16.6. The fourth-order valence-electron chi connectivity index (χ4n) is 3.88. The molecule has 1 saturated carbocycles. The lowest BCUT2D eigenvalue weighted by Crippen LogP contribution is -2.43. The molecule has 1 saturated heterocycles. The maximum Gasteiger partial charge on any atom is 0.309 e. The predicted molar refractivity (Wildman–Crippen MR) is 67.7 cm³/mol. The zero-order chi connectivity index (χ0) is 13.1. The van der Waals surface area contributed by atoms with E-state index in [9.17, 15) is 9.90 Å². The molecular weight excluding hydrogens is 228 g/mol. The van der Waals surface area contributed by atoms with E-state index in [1.165, 1.54) is 0 Å². The van der Waals surface area contributed by atoms with Crippen molar-refractivity contribution in [1.29, 1.82) is 0 Å². The molecule has 18 heavy (non-hydrogen) atoms. The van der Waals surface area contributed by atoms with Gasteiger partial charge in [-0.3, -0.25) is 4.79 Å². The van der Waals surface area contributed by atoms with Gasteiger partial charge in [0.2, 0.25) is 0 Å². The molecule has 0 aromatic heterocycles. The van der Waals surface area contributed by atoms with Crippen LogP contribution >= 0.6 is 0 Å². The van der Waals surface area contributed by atoms with Gasteiger partial charge in [-0.2, -0.15) is 0 Å². The Labute approximate surface area is 108 Å². The van der Waals surface area contributed by atoms with Gasteiger partial charge in [0.15, 0.2) is 0 Å². The average Bonchev–Trinajstić information content (AvgIpc) is 2.69. The summed E-state index contributed by atoms with van der Waals surface area (Å²) >= 11 is 0. The van der Waals surface area contributed by atoms with Crippen LogP contribution in [-0.4, -0.2) is 22.8 Å². The third-order valence-corrected chi connectivity index (χ3v) is 5.02. The van der Waals surface area contributed by atoms with Crippen LogP contribution in [0.2, 0.25) is 0 Å². The molecule has 0 bridgehead atoms. The summed E-state index contributed by atoms with van der Waals surface area (Å²) in [4.78, 5) is 11.8. The normalized spacial score (nSPS) is 50.7. The largest absolute Gasteiger partial charge is 0.461 e. The lowest BCUT2D eigenvalue weighted by atomic mass is 9.75. The van der Waals surface area contributed by atoms with Crippen LogP contribution in [0, 0.1) is 23.7 Å². The van der Waals surface area contributed by atoms with E-state index in [2.05, 4.69) is 6.58 Å². The maximum absolute atomic E-state index is 11.8. The van der Waals surface area contributed by atoms with Gasteiger partial charge in [-0.05, 0) is 19.8 Å². The molecule has 2 fully saturated rings. The Bertz CT molecular complexity index is 435. The monoisotopic (exact) mass is 248 g/mol. The van der Waals surface area contributed by atoms with Crippen molar-refractivity contribution < 1.29 is 14.6 Å². The quantitative estimate of drug-likeness (QED) is 0.527. The van der Waals surface area contributed by atoms with E-state index in [0.717, 1.165) is 18.4 Å². The Morgan fingerprint density at radius 3 is 3.00 bits per heavy atom. The van der Waals surface area contributed by atoms with Gasteiger partial charge >= 0.3 is 5.97 Å². The minimum Gasteiger partial charge on any atom is -0.461 e. The predicted octanol–water partition coefficient (Wildman–Crippen LogP) is 2.07. The Morgan fingerprint density at radius 2 is 2.28 bits per heavy atom. The third kappa shape index (κ3) is 1.50. The molecule has 2 aliphatic carbocycles. The molecule has 0 unspecified atom stereocenters. The molecule has 98 valence electrons. The number of ether oxygens (including phenoxy) is 1. The molecule has 0 spiro atoms. The first kappa shape index (κ1) is 12.0. The Hall–Kier alpha value is -1.09. The number of carbonyl (C=O) groups is 1. The van der Waals surface area contributed by atoms with Crippen molar-refractivity contribution >= 4 is 5.97 Å². The molecule has 0 radical (unpaired) electrons. The summed E-state index contributed by atoms with van der Waals surface area (Å²) in [6, 6.07) is 0. The van der Waals surface area contributed by atoms with Crippen LogP contribution in [0.4, 0.5) is 0 Å². The van der Waals surface area contributed by atoms with E-state index >= 15 is 0 Å². The van der Waals surface area contributed by atoms with E-state index in [1.807, 2.05) is 19.1 Å². The second-order valence-electron chi connectivity index (χ2n) is 6.19. The van der Waals surface area contributed by atoms with Gasteiger partial charge in [-0.1, -0.05) is 31.2 Å². The number of allylic oxidation sites excluding steroid dienone is 2. The summed E-state index contributed by atoms with van der Waals surface area (Å²) in [5.41, 5.74) is 0.261. The molecule has 3 heteroatoms. The summed E-state index contributed by atoms with van der Waals surface area (Å²) in [6.45, 7) is 7.89. The number of hydrogen-bond donors (Lipinski definition) is 1. The van der Waals surface area contributed by atoms with E-state index in [-0.39, 0.29) is 35.7 Å². The molecule has 1 aliphatic heterocycles. The molecule has 0 aromatic carbocycles. The Balaban J connectivity index is 2.01. The van der Waals surface area contributed by atoms with Crippen molar-refractivity contribution in [3.05, 3.63) is 24.3 Å². The lowest BCUT2D eigenvalue weighted by molar-refractivity contribution is -0.148. The zero-order valence-electron chi connectivity index (χ0n) is 10.9. The van der Waals surface area contributed by atoms with Crippen molar-refractivity contribution in [2.24, 2.45) is 23.7 Å². The number of esters is 1. The summed E-state index contributed by atoms with van der Waals surface area (Å²) < 4.78 is 5.58. The molecule has 3 nitrogen and oxygen atoms in total. The molecule has 0 amide bonds. The maximum atomic E-state index is 11.8. The minimum atomic E-state index is -0.898. The average molecular weight is 248 g/mol. The van der Waals surface area contributed by atoms with Crippen LogP contribution in [0.25, 0.3) is 0 Å². The van der Waals surface area contributed by atoms with Crippen LogP contribution in [0.1, 0.15) is 26.7 Å². The van der Waals surface area contributed by atoms with Gasteiger partial charge in [0.05, 0.1) is 11.5 Å². The molecule has 1 N–H and O–H groups in total. The van der Waals surface area contributed by atoms with Gasteiger partial charge in [0, 0.05) is 17.8 Å². The highest BCUT2D eigenvalue weighted by Crippen LogP contribution is 2.51. The van der Waals surface area contributed by atoms with Crippen molar-refractivity contribution in [2.45, 2.75) is 38.4 Å². The van der Waals surface area contributed by atoms with E-state index in [1.54, 1.807) is 6.92 Å².